The molecule has 0 aliphatic heterocycles. The minimum Gasteiger partial charge on any atom is -0.504 e. The molecule has 0 atom stereocenters. The lowest BCUT2D eigenvalue weighted by molar-refractivity contribution is 0.373. The smallest absolute Gasteiger partial charge is 0.281 e. The second-order valence-electron chi connectivity index (χ2n) is 8.73. The predicted molar refractivity (Wildman–Crippen MR) is 141 cm³/mol. The van der Waals surface area contributed by atoms with Crippen molar-refractivity contribution < 1.29 is 27.0 Å². The maximum atomic E-state index is 14.7. The predicted octanol–water partition coefficient (Wildman–Crippen LogP) is 5.93. The van der Waals surface area contributed by atoms with Crippen LogP contribution in [0, 0.1) is 17.9 Å². The lowest BCUT2D eigenvalue weighted by Crippen LogP contribution is -2.15. The summed E-state index contributed by atoms with van der Waals surface area (Å²) >= 11 is 0.503. The molecule has 8 nitrogen and oxygen atoms in total. The van der Waals surface area contributed by atoms with Gasteiger partial charge in [-0.25, -0.2) is 14.4 Å². The molecular formula is C26H22F2N4O4S2. The standard InChI is InChI=1S/C26H22F2N4O4S2/c1-14-10-18(29-12-17-4-3-5-21(36-2)23(17)33)13-30-25(14)38(34,35)32-26-31-22(24(28)37-26)16-8-9-19(15-6-7-15)20(27)11-16/h3-5,8-13,15,33H,6-7H2,1-2H3,(H,31,32)/b29-12+. The molecule has 0 radical (unpaired) electrons. The van der Waals surface area contributed by atoms with Gasteiger partial charge in [0.25, 0.3) is 10.0 Å². The van der Waals surface area contributed by atoms with Gasteiger partial charge in [0.2, 0.25) is 5.13 Å². The molecule has 12 heteroatoms. The van der Waals surface area contributed by atoms with E-state index in [1.54, 1.807) is 37.3 Å². The average molecular weight is 557 g/mol. The Morgan fingerprint density at radius 3 is 2.68 bits per heavy atom. The molecule has 1 fully saturated rings. The Kier molecular flexibility index (Phi) is 6.84. The SMILES string of the molecule is COc1cccc(/C=N/c2cnc(S(=O)(=O)Nc3nc(-c4ccc(C5CC5)c(F)c4)c(F)s3)c(C)c2)c1O. The topological polar surface area (TPSA) is 114 Å². The molecule has 196 valence electrons. The molecule has 0 bridgehead atoms. The number of phenolic OH excluding ortho intramolecular Hbond substituents is 1. The maximum absolute atomic E-state index is 14.7. The van der Waals surface area contributed by atoms with E-state index in [9.17, 15) is 22.3 Å². The third-order valence-electron chi connectivity index (χ3n) is 5.97. The van der Waals surface area contributed by atoms with Crippen molar-refractivity contribution in [2.45, 2.75) is 30.7 Å². The number of phenols is 1. The Bertz CT molecular complexity index is 1670. The molecule has 2 heterocycles. The molecule has 2 aromatic carbocycles. The molecular weight excluding hydrogens is 534 g/mol. The van der Waals surface area contributed by atoms with Gasteiger partial charge < -0.3 is 9.84 Å². The Morgan fingerprint density at radius 2 is 2.00 bits per heavy atom. The third kappa shape index (κ3) is 5.22. The molecule has 38 heavy (non-hydrogen) atoms. The number of methoxy groups -OCH3 is 1. The lowest BCUT2D eigenvalue weighted by Gasteiger charge is -2.08. The van der Waals surface area contributed by atoms with Crippen LogP contribution in [0.2, 0.25) is 0 Å². The van der Waals surface area contributed by atoms with Gasteiger partial charge in [-0.1, -0.05) is 29.5 Å². The Hall–Kier alpha value is -3.90. The number of aromatic nitrogens is 2. The molecule has 0 unspecified atom stereocenters. The summed E-state index contributed by atoms with van der Waals surface area (Å²) in [6.45, 7) is 1.54. The van der Waals surface area contributed by atoms with Crippen molar-refractivity contribution in [1.29, 1.82) is 0 Å². The van der Waals surface area contributed by atoms with E-state index in [0.29, 0.717) is 28.2 Å². The van der Waals surface area contributed by atoms with Gasteiger partial charge in [0.15, 0.2) is 21.7 Å². The number of sulfonamides is 1. The fourth-order valence-electron chi connectivity index (χ4n) is 3.94. The van der Waals surface area contributed by atoms with E-state index in [4.69, 9.17) is 4.74 Å². The summed E-state index contributed by atoms with van der Waals surface area (Å²) in [6, 6.07) is 10.9. The number of hydrogen-bond donors (Lipinski definition) is 2. The number of rotatable bonds is 8. The van der Waals surface area contributed by atoms with Crippen molar-refractivity contribution in [2.24, 2.45) is 4.99 Å². The normalized spacial score (nSPS) is 13.7. The van der Waals surface area contributed by atoms with Crippen LogP contribution in [0.3, 0.4) is 0 Å². The van der Waals surface area contributed by atoms with E-state index in [1.165, 1.54) is 31.7 Å². The number of nitrogens with one attached hydrogen (secondary N) is 1. The lowest BCUT2D eigenvalue weighted by atomic mass is 10.1. The van der Waals surface area contributed by atoms with Crippen LogP contribution in [0.4, 0.5) is 19.6 Å². The first-order valence-electron chi connectivity index (χ1n) is 11.5. The maximum Gasteiger partial charge on any atom is 0.281 e. The van der Waals surface area contributed by atoms with Crippen molar-refractivity contribution in [2.75, 3.05) is 11.8 Å². The van der Waals surface area contributed by atoms with Crippen molar-refractivity contribution >= 4 is 38.4 Å². The summed E-state index contributed by atoms with van der Waals surface area (Å²) in [4.78, 5) is 12.3. The number of thiazole rings is 1. The molecule has 1 saturated carbocycles. The highest BCUT2D eigenvalue weighted by Crippen LogP contribution is 2.42. The van der Waals surface area contributed by atoms with Gasteiger partial charge in [-0.15, -0.1) is 0 Å². The molecule has 0 amide bonds. The molecule has 1 aliphatic rings. The summed E-state index contributed by atoms with van der Waals surface area (Å²) in [6.07, 6.45) is 4.52. The zero-order valence-corrected chi connectivity index (χ0v) is 21.9. The van der Waals surface area contributed by atoms with Gasteiger partial charge in [0.1, 0.15) is 11.5 Å². The number of halogens is 2. The van der Waals surface area contributed by atoms with Gasteiger partial charge in [0, 0.05) is 17.3 Å². The summed E-state index contributed by atoms with van der Waals surface area (Å²) in [5, 5.41) is 8.96. The van der Waals surface area contributed by atoms with Gasteiger partial charge >= 0.3 is 0 Å². The van der Waals surface area contributed by atoms with E-state index in [2.05, 4.69) is 19.7 Å². The molecule has 4 aromatic rings. The number of ether oxygens (including phenoxy) is 1. The van der Waals surface area contributed by atoms with E-state index in [0.717, 1.165) is 12.8 Å². The first-order valence-corrected chi connectivity index (χ1v) is 13.8. The number of para-hydroxylation sites is 1. The van der Waals surface area contributed by atoms with E-state index in [-0.39, 0.29) is 44.4 Å². The summed E-state index contributed by atoms with van der Waals surface area (Å²) in [5.74, 6) is -0.0151. The van der Waals surface area contributed by atoms with Crippen molar-refractivity contribution in [3.63, 3.8) is 0 Å². The number of nitrogens with zero attached hydrogens (tertiary/aromatic N) is 3. The number of benzene rings is 2. The fraction of sp³-hybridized carbons (Fsp3) is 0.192. The van der Waals surface area contributed by atoms with Crippen LogP contribution in [-0.4, -0.2) is 36.8 Å². The second kappa shape index (κ2) is 10.1. The minimum absolute atomic E-state index is 0.0801. The Labute approximate surface area is 221 Å². The number of aromatic hydroxyl groups is 1. The number of aryl methyl sites for hydroxylation is 1. The van der Waals surface area contributed by atoms with E-state index in [1.807, 2.05) is 0 Å². The Morgan fingerprint density at radius 1 is 1.21 bits per heavy atom. The van der Waals surface area contributed by atoms with Crippen molar-refractivity contribution in [3.8, 4) is 22.8 Å². The molecule has 2 N–H and O–H groups in total. The van der Waals surface area contributed by atoms with Gasteiger partial charge in [-0.3, -0.25) is 9.71 Å². The quantitative estimate of drug-likeness (QED) is 0.260. The van der Waals surface area contributed by atoms with Crippen LogP contribution in [0.5, 0.6) is 11.5 Å². The Balaban J connectivity index is 1.35. The monoisotopic (exact) mass is 556 g/mol. The molecule has 2 aromatic heterocycles. The highest BCUT2D eigenvalue weighted by Gasteiger charge is 2.27. The van der Waals surface area contributed by atoms with Crippen LogP contribution in [-0.2, 0) is 10.0 Å². The van der Waals surface area contributed by atoms with Crippen molar-refractivity contribution in [1.82, 2.24) is 9.97 Å². The highest BCUT2D eigenvalue weighted by atomic mass is 32.2. The first kappa shape index (κ1) is 25.7. The van der Waals surface area contributed by atoms with Crippen LogP contribution in [0.15, 0.2) is 58.7 Å². The molecule has 1 aliphatic carbocycles. The first-order chi connectivity index (χ1) is 18.2. The number of anilines is 1. The minimum atomic E-state index is -4.21. The number of hydrogen-bond acceptors (Lipinski definition) is 8. The van der Waals surface area contributed by atoms with E-state index >= 15 is 0 Å². The molecule has 0 spiro atoms. The van der Waals surface area contributed by atoms with Gasteiger partial charge in [-0.2, -0.15) is 12.8 Å². The van der Waals surface area contributed by atoms with Crippen LogP contribution < -0.4 is 9.46 Å². The zero-order chi connectivity index (χ0) is 27.0. The third-order valence-corrected chi connectivity index (χ3v) is 8.26. The summed E-state index contributed by atoms with van der Waals surface area (Å²) in [7, 11) is -2.78. The summed E-state index contributed by atoms with van der Waals surface area (Å²) < 4.78 is 62.4. The van der Waals surface area contributed by atoms with Crippen LogP contribution >= 0.6 is 11.3 Å². The number of pyridine rings is 1. The number of aliphatic imine (C=N–C) groups is 1. The van der Waals surface area contributed by atoms with Crippen molar-refractivity contribution in [3.05, 3.63) is 76.3 Å². The van der Waals surface area contributed by atoms with Crippen LogP contribution in [0.1, 0.15) is 35.4 Å². The fourth-order valence-corrected chi connectivity index (χ4v) is 6.05. The zero-order valence-electron chi connectivity index (χ0n) is 20.3. The average Bonchev–Trinajstić information content (AvgIpc) is 3.65. The van der Waals surface area contributed by atoms with Crippen LogP contribution in [0.25, 0.3) is 11.3 Å². The van der Waals surface area contributed by atoms with E-state index < -0.39 is 21.0 Å². The van der Waals surface area contributed by atoms with Gasteiger partial charge in [-0.05, 0) is 61.1 Å². The highest BCUT2D eigenvalue weighted by molar-refractivity contribution is 7.92. The largest absolute Gasteiger partial charge is 0.504 e. The second-order valence-corrected chi connectivity index (χ2v) is 11.3. The summed E-state index contributed by atoms with van der Waals surface area (Å²) in [5.41, 5.74) is 1.73. The van der Waals surface area contributed by atoms with Gasteiger partial charge in [0.05, 0.1) is 19.0 Å². The molecule has 5 rings (SSSR count). The molecule has 0 saturated heterocycles.